The number of sulfonamides is 1. The highest BCUT2D eigenvalue weighted by molar-refractivity contribution is 7.89. The molecule has 0 amide bonds. The van der Waals surface area contributed by atoms with Crippen LogP contribution >= 0.6 is 0 Å². The summed E-state index contributed by atoms with van der Waals surface area (Å²) in [6.45, 7) is 1.79. The lowest BCUT2D eigenvalue weighted by molar-refractivity contribution is 0.259. The lowest BCUT2D eigenvalue weighted by Crippen LogP contribution is -2.30. The first-order valence-electron chi connectivity index (χ1n) is 7.34. The fraction of sp³-hybridized carbons (Fsp3) is 0.294. The zero-order chi connectivity index (χ0) is 16.0. The first-order valence-corrected chi connectivity index (χ1v) is 8.82. The number of aliphatic hydroxyl groups excluding tert-OH is 1. The molecule has 0 heterocycles. The van der Waals surface area contributed by atoms with E-state index in [-0.39, 0.29) is 11.5 Å². The van der Waals surface area contributed by atoms with E-state index in [0.29, 0.717) is 0 Å². The van der Waals surface area contributed by atoms with Crippen LogP contribution in [0.5, 0.6) is 0 Å². The topological polar surface area (TPSA) is 66.4 Å². The van der Waals surface area contributed by atoms with Crippen molar-refractivity contribution in [2.45, 2.75) is 30.7 Å². The second-order valence-corrected chi connectivity index (χ2v) is 6.88. The van der Waals surface area contributed by atoms with E-state index in [1.165, 1.54) is 0 Å². The van der Waals surface area contributed by atoms with Crippen LogP contribution < -0.4 is 4.72 Å². The molecular formula is C17H21NO3S. The molecule has 0 aromatic heterocycles. The molecule has 0 aliphatic rings. The maximum absolute atomic E-state index is 12.4. The van der Waals surface area contributed by atoms with Crippen molar-refractivity contribution in [3.05, 3.63) is 65.7 Å². The Morgan fingerprint density at radius 2 is 1.68 bits per heavy atom. The molecule has 0 fully saturated rings. The van der Waals surface area contributed by atoms with E-state index in [9.17, 15) is 13.5 Å². The highest BCUT2D eigenvalue weighted by Gasteiger charge is 2.20. The summed E-state index contributed by atoms with van der Waals surface area (Å²) >= 11 is 0. The molecule has 2 aromatic carbocycles. The largest absolute Gasteiger partial charge is 0.394 e. The molecule has 1 atom stereocenters. The number of aryl methyl sites for hydroxylation is 1. The van der Waals surface area contributed by atoms with Crippen LogP contribution in [0.4, 0.5) is 0 Å². The van der Waals surface area contributed by atoms with Gasteiger partial charge in [0.2, 0.25) is 10.0 Å². The summed E-state index contributed by atoms with van der Waals surface area (Å²) in [5, 5.41) is 9.48. The second-order valence-electron chi connectivity index (χ2n) is 5.16. The van der Waals surface area contributed by atoms with E-state index in [4.69, 9.17) is 0 Å². The molecule has 2 aromatic rings. The highest BCUT2D eigenvalue weighted by atomic mass is 32.2. The highest BCUT2D eigenvalue weighted by Crippen LogP contribution is 2.17. The predicted octanol–water partition coefficient (Wildman–Crippen LogP) is 2.65. The van der Waals surface area contributed by atoms with Gasteiger partial charge >= 0.3 is 0 Å². The maximum Gasteiger partial charge on any atom is 0.241 e. The first kappa shape index (κ1) is 16.7. The molecule has 5 heteroatoms. The van der Waals surface area contributed by atoms with Crippen molar-refractivity contribution < 1.29 is 13.5 Å². The fourth-order valence-electron chi connectivity index (χ4n) is 2.28. The molecule has 0 aliphatic heterocycles. The Morgan fingerprint density at radius 3 is 2.23 bits per heavy atom. The van der Waals surface area contributed by atoms with Gasteiger partial charge in [0.25, 0.3) is 0 Å². The zero-order valence-corrected chi connectivity index (χ0v) is 13.4. The van der Waals surface area contributed by atoms with Gasteiger partial charge in [-0.1, -0.05) is 55.8 Å². The number of hydrogen-bond acceptors (Lipinski definition) is 3. The molecule has 2 rings (SSSR count). The van der Waals surface area contributed by atoms with E-state index < -0.39 is 16.1 Å². The average Bonchev–Trinajstić information content (AvgIpc) is 2.54. The Labute approximate surface area is 131 Å². The van der Waals surface area contributed by atoms with Gasteiger partial charge in [-0.15, -0.1) is 0 Å². The van der Waals surface area contributed by atoms with E-state index in [0.717, 1.165) is 24.0 Å². The molecule has 0 radical (unpaired) electrons. The van der Waals surface area contributed by atoms with Crippen LogP contribution in [0.1, 0.15) is 30.5 Å². The molecule has 0 bridgehead atoms. The quantitative estimate of drug-likeness (QED) is 0.824. The monoisotopic (exact) mass is 319 g/mol. The maximum atomic E-state index is 12.4. The number of benzene rings is 2. The molecule has 0 spiro atoms. The number of nitrogens with one attached hydrogen (secondary N) is 1. The summed E-state index contributed by atoms with van der Waals surface area (Å²) in [7, 11) is -3.66. The summed E-state index contributed by atoms with van der Waals surface area (Å²) < 4.78 is 27.4. The Kier molecular flexibility index (Phi) is 5.71. The van der Waals surface area contributed by atoms with Gasteiger partial charge < -0.3 is 5.11 Å². The molecule has 118 valence electrons. The number of rotatable bonds is 7. The average molecular weight is 319 g/mol. The SMILES string of the molecule is CCCc1ccc(S(=O)(=O)NC(CO)c2ccccc2)cc1. The van der Waals surface area contributed by atoms with Crippen molar-refractivity contribution in [2.75, 3.05) is 6.61 Å². The predicted molar refractivity (Wildman–Crippen MR) is 87.0 cm³/mol. The van der Waals surface area contributed by atoms with Crippen molar-refractivity contribution >= 4 is 10.0 Å². The Morgan fingerprint density at radius 1 is 1.05 bits per heavy atom. The molecular weight excluding hydrogens is 298 g/mol. The Balaban J connectivity index is 2.19. The van der Waals surface area contributed by atoms with Crippen molar-refractivity contribution in [3.63, 3.8) is 0 Å². The molecule has 0 saturated carbocycles. The van der Waals surface area contributed by atoms with Crippen molar-refractivity contribution in [2.24, 2.45) is 0 Å². The third-order valence-electron chi connectivity index (χ3n) is 3.45. The molecule has 0 saturated heterocycles. The molecule has 0 aliphatic carbocycles. The van der Waals surface area contributed by atoms with Gasteiger partial charge in [-0.05, 0) is 29.7 Å². The summed E-state index contributed by atoms with van der Waals surface area (Å²) in [6, 6.07) is 15.3. The normalized spacial score (nSPS) is 13.0. The number of hydrogen-bond donors (Lipinski definition) is 2. The van der Waals surface area contributed by atoms with Gasteiger partial charge in [-0.25, -0.2) is 13.1 Å². The summed E-state index contributed by atoms with van der Waals surface area (Å²) in [5.41, 5.74) is 1.85. The van der Waals surface area contributed by atoms with Crippen LogP contribution in [-0.4, -0.2) is 20.1 Å². The van der Waals surface area contributed by atoms with E-state index in [2.05, 4.69) is 11.6 Å². The van der Waals surface area contributed by atoms with Gasteiger partial charge in [-0.3, -0.25) is 0 Å². The van der Waals surface area contributed by atoms with Gasteiger partial charge in [-0.2, -0.15) is 0 Å². The second kappa shape index (κ2) is 7.54. The summed E-state index contributed by atoms with van der Waals surface area (Å²) in [6.07, 6.45) is 1.95. The van der Waals surface area contributed by atoms with Crippen LogP contribution in [0.2, 0.25) is 0 Å². The van der Waals surface area contributed by atoms with Crippen LogP contribution in [0.15, 0.2) is 59.5 Å². The minimum absolute atomic E-state index is 0.210. The van der Waals surface area contributed by atoms with Crippen LogP contribution in [0, 0.1) is 0 Å². The van der Waals surface area contributed by atoms with E-state index >= 15 is 0 Å². The smallest absolute Gasteiger partial charge is 0.241 e. The minimum atomic E-state index is -3.66. The van der Waals surface area contributed by atoms with Crippen LogP contribution in [0.25, 0.3) is 0 Å². The van der Waals surface area contributed by atoms with Crippen molar-refractivity contribution in [3.8, 4) is 0 Å². The van der Waals surface area contributed by atoms with E-state index in [1.54, 1.807) is 24.3 Å². The Hall–Kier alpha value is -1.69. The van der Waals surface area contributed by atoms with Gasteiger partial charge in [0.1, 0.15) is 0 Å². The molecule has 4 nitrogen and oxygen atoms in total. The third-order valence-corrected chi connectivity index (χ3v) is 4.94. The van der Waals surface area contributed by atoms with Crippen LogP contribution in [0.3, 0.4) is 0 Å². The zero-order valence-electron chi connectivity index (χ0n) is 12.6. The van der Waals surface area contributed by atoms with Gasteiger partial charge in [0, 0.05) is 0 Å². The Bertz CT molecular complexity index is 682. The number of aliphatic hydroxyl groups is 1. The molecule has 22 heavy (non-hydrogen) atoms. The standard InChI is InChI=1S/C17H21NO3S/c1-2-6-14-9-11-16(12-10-14)22(20,21)18-17(13-19)15-7-4-3-5-8-15/h3-5,7-12,17-19H,2,6,13H2,1H3. The molecule has 2 N–H and O–H groups in total. The summed E-state index contributed by atoms with van der Waals surface area (Å²) in [4.78, 5) is 0.210. The van der Waals surface area contributed by atoms with Gasteiger partial charge in [0.05, 0.1) is 17.5 Å². The minimum Gasteiger partial charge on any atom is -0.394 e. The molecule has 1 unspecified atom stereocenters. The van der Waals surface area contributed by atoms with Crippen molar-refractivity contribution in [1.82, 2.24) is 4.72 Å². The third kappa shape index (κ3) is 4.16. The van der Waals surface area contributed by atoms with E-state index in [1.807, 2.05) is 30.3 Å². The first-order chi connectivity index (χ1) is 10.6. The van der Waals surface area contributed by atoms with Gasteiger partial charge in [0.15, 0.2) is 0 Å². The fourth-order valence-corrected chi connectivity index (χ4v) is 3.49. The lowest BCUT2D eigenvalue weighted by atomic mass is 10.1. The van der Waals surface area contributed by atoms with Crippen molar-refractivity contribution in [1.29, 1.82) is 0 Å². The lowest BCUT2D eigenvalue weighted by Gasteiger charge is -2.17. The summed E-state index contributed by atoms with van der Waals surface area (Å²) in [5.74, 6) is 0. The van der Waals surface area contributed by atoms with Crippen LogP contribution in [-0.2, 0) is 16.4 Å².